The van der Waals surface area contributed by atoms with Gasteiger partial charge in [-0.05, 0) is 48.4 Å². The van der Waals surface area contributed by atoms with Gasteiger partial charge < -0.3 is 19.5 Å². The van der Waals surface area contributed by atoms with Crippen LogP contribution in [0.15, 0.2) is 65.6 Å². The molecule has 1 N–H and O–H groups in total. The van der Waals surface area contributed by atoms with E-state index in [2.05, 4.69) is 5.32 Å². The average Bonchev–Trinajstić information content (AvgIpc) is 2.86. The number of carbonyl (C=O) groups is 1. The van der Waals surface area contributed by atoms with Gasteiger partial charge in [0, 0.05) is 16.8 Å². The van der Waals surface area contributed by atoms with Gasteiger partial charge in [-0.25, -0.2) is 8.42 Å². The molecule has 0 bridgehead atoms. The fourth-order valence-electron chi connectivity index (χ4n) is 3.53. The lowest BCUT2D eigenvalue weighted by atomic mass is 10.1. The second-order valence-electron chi connectivity index (χ2n) is 7.40. The van der Waals surface area contributed by atoms with Crippen molar-refractivity contribution >= 4 is 38.9 Å². The maximum absolute atomic E-state index is 13.8. The molecule has 3 aromatic carbocycles. The predicted octanol–water partition coefficient (Wildman–Crippen LogP) is 4.76. The number of sulfonamides is 1. The SMILES string of the molecule is CCc1ccccc1NC(=O)CN(c1cc(Cl)ccc1OC)S(=O)(=O)c1ccc(OC)c(OC)c1. The molecule has 0 spiro atoms. The van der Waals surface area contributed by atoms with Crippen LogP contribution >= 0.6 is 11.6 Å². The molecule has 0 aliphatic heterocycles. The molecule has 35 heavy (non-hydrogen) atoms. The molecule has 0 unspecified atom stereocenters. The number of hydrogen-bond donors (Lipinski definition) is 1. The van der Waals surface area contributed by atoms with Gasteiger partial charge in [0.15, 0.2) is 11.5 Å². The van der Waals surface area contributed by atoms with Crippen molar-refractivity contribution in [3.63, 3.8) is 0 Å². The fourth-order valence-corrected chi connectivity index (χ4v) is 5.14. The van der Waals surface area contributed by atoms with Crippen LogP contribution in [-0.2, 0) is 21.2 Å². The molecule has 186 valence electrons. The maximum Gasteiger partial charge on any atom is 0.265 e. The Morgan fingerprint density at radius 3 is 2.23 bits per heavy atom. The minimum Gasteiger partial charge on any atom is -0.495 e. The summed E-state index contributed by atoms with van der Waals surface area (Å²) in [6.45, 7) is 1.45. The first kappa shape index (κ1) is 26.2. The Bertz CT molecular complexity index is 1310. The summed E-state index contributed by atoms with van der Waals surface area (Å²) < 4.78 is 44.5. The number of carbonyl (C=O) groups excluding carboxylic acids is 1. The second kappa shape index (κ2) is 11.3. The first-order valence-electron chi connectivity index (χ1n) is 10.7. The molecule has 0 saturated carbocycles. The third-order valence-corrected chi connectivity index (χ3v) is 7.30. The number of aryl methyl sites for hydroxylation is 1. The largest absolute Gasteiger partial charge is 0.495 e. The Kier molecular flexibility index (Phi) is 8.48. The van der Waals surface area contributed by atoms with E-state index in [4.69, 9.17) is 25.8 Å². The zero-order valence-corrected chi connectivity index (χ0v) is 21.4. The summed E-state index contributed by atoms with van der Waals surface area (Å²) in [5.74, 6) is 0.303. The van der Waals surface area contributed by atoms with Crippen molar-refractivity contribution in [2.75, 3.05) is 37.5 Å². The second-order valence-corrected chi connectivity index (χ2v) is 9.70. The van der Waals surface area contributed by atoms with Gasteiger partial charge in [-0.3, -0.25) is 9.10 Å². The van der Waals surface area contributed by atoms with E-state index in [1.807, 2.05) is 19.1 Å². The fraction of sp³-hybridized carbons (Fsp3) is 0.240. The van der Waals surface area contributed by atoms with Crippen LogP contribution in [0.25, 0.3) is 0 Å². The van der Waals surface area contributed by atoms with Crippen LogP contribution in [0.4, 0.5) is 11.4 Å². The van der Waals surface area contributed by atoms with E-state index in [9.17, 15) is 13.2 Å². The van der Waals surface area contributed by atoms with Crippen molar-refractivity contribution < 1.29 is 27.4 Å². The van der Waals surface area contributed by atoms with Crippen molar-refractivity contribution in [2.24, 2.45) is 0 Å². The van der Waals surface area contributed by atoms with E-state index >= 15 is 0 Å². The van der Waals surface area contributed by atoms with Crippen LogP contribution in [0.1, 0.15) is 12.5 Å². The van der Waals surface area contributed by atoms with E-state index in [0.29, 0.717) is 17.9 Å². The first-order chi connectivity index (χ1) is 16.7. The summed E-state index contributed by atoms with van der Waals surface area (Å²) >= 11 is 6.19. The van der Waals surface area contributed by atoms with Gasteiger partial charge in [0.25, 0.3) is 10.0 Å². The number of halogens is 1. The highest BCUT2D eigenvalue weighted by atomic mass is 35.5. The number of ether oxygens (including phenoxy) is 3. The van der Waals surface area contributed by atoms with E-state index in [-0.39, 0.29) is 27.1 Å². The summed E-state index contributed by atoms with van der Waals surface area (Å²) in [6, 6.07) is 16.1. The lowest BCUT2D eigenvalue weighted by Crippen LogP contribution is -2.38. The Hall–Kier alpha value is -3.43. The molecule has 8 nitrogen and oxygen atoms in total. The number of rotatable bonds is 10. The van der Waals surface area contributed by atoms with Gasteiger partial charge in [0.1, 0.15) is 12.3 Å². The minimum atomic E-state index is -4.27. The van der Waals surface area contributed by atoms with Crippen LogP contribution in [0, 0.1) is 0 Å². The van der Waals surface area contributed by atoms with Crippen LogP contribution in [-0.4, -0.2) is 42.2 Å². The number of anilines is 2. The maximum atomic E-state index is 13.8. The predicted molar refractivity (Wildman–Crippen MR) is 137 cm³/mol. The van der Waals surface area contributed by atoms with Crippen LogP contribution in [0.2, 0.25) is 5.02 Å². The molecule has 0 heterocycles. The van der Waals surface area contributed by atoms with Gasteiger partial charge in [-0.1, -0.05) is 36.7 Å². The molecule has 0 saturated heterocycles. The Labute approximate surface area is 210 Å². The molecule has 1 amide bonds. The molecule has 0 fully saturated rings. The summed E-state index contributed by atoms with van der Waals surface area (Å²) in [4.78, 5) is 13.0. The zero-order chi connectivity index (χ0) is 25.6. The number of para-hydroxylation sites is 1. The number of methoxy groups -OCH3 is 3. The monoisotopic (exact) mass is 518 g/mol. The molecule has 3 rings (SSSR count). The zero-order valence-electron chi connectivity index (χ0n) is 19.9. The van der Waals surface area contributed by atoms with E-state index in [0.717, 1.165) is 9.87 Å². The highest BCUT2D eigenvalue weighted by Gasteiger charge is 2.31. The van der Waals surface area contributed by atoms with Crippen molar-refractivity contribution in [2.45, 2.75) is 18.2 Å². The minimum absolute atomic E-state index is 0.0982. The van der Waals surface area contributed by atoms with Crippen molar-refractivity contribution in [3.8, 4) is 17.2 Å². The summed E-state index contributed by atoms with van der Waals surface area (Å²) in [5.41, 5.74) is 1.66. The van der Waals surface area contributed by atoms with Gasteiger partial charge in [0.2, 0.25) is 5.91 Å². The van der Waals surface area contributed by atoms with Crippen LogP contribution < -0.4 is 23.8 Å². The van der Waals surface area contributed by atoms with Crippen LogP contribution in [0.3, 0.4) is 0 Å². The molecule has 0 aliphatic carbocycles. The lowest BCUT2D eigenvalue weighted by Gasteiger charge is -2.26. The molecule has 0 aliphatic rings. The molecule has 0 atom stereocenters. The van der Waals surface area contributed by atoms with Gasteiger partial charge in [-0.2, -0.15) is 0 Å². The molecule has 10 heteroatoms. The Morgan fingerprint density at radius 1 is 0.914 bits per heavy atom. The average molecular weight is 519 g/mol. The lowest BCUT2D eigenvalue weighted by molar-refractivity contribution is -0.114. The summed E-state index contributed by atoms with van der Waals surface area (Å²) in [6.07, 6.45) is 0.701. The molecule has 3 aromatic rings. The van der Waals surface area contributed by atoms with Crippen molar-refractivity contribution in [1.82, 2.24) is 0 Å². The number of nitrogens with zero attached hydrogens (tertiary/aromatic N) is 1. The molecule has 0 radical (unpaired) electrons. The van der Waals surface area contributed by atoms with Crippen molar-refractivity contribution in [3.05, 3.63) is 71.2 Å². The number of benzene rings is 3. The topological polar surface area (TPSA) is 94.2 Å². The number of amides is 1. The van der Waals surface area contributed by atoms with Gasteiger partial charge >= 0.3 is 0 Å². The Morgan fingerprint density at radius 2 is 1.57 bits per heavy atom. The molecular weight excluding hydrogens is 492 g/mol. The third kappa shape index (κ3) is 5.80. The summed E-state index contributed by atoms with van der Waals surface area (Å²) in [5, 5.41) is 3.10. The highest BCUT2D eigenvalue weighted by molar-refractivity contribution is 7.92. The third-order valence-electron chi connectivity index (χ3n) is 5.31. The van der Waals surface area contributed by atoms with Crippen molar-refractivity contribution in [1.29, 1.82) is 0 Å². The van der Waals surface area contributed by atoms with E-state index in [1.165, 1.54) is 45.6 Å². The van der Waals surface area contributed by atoms with E-state index in [1.54, 1.807) is 24.3 Å². The number of hydrogen-bond acceptors (Lipinski definition) is 6. The normalized spacial score (nSPS) is 11.0. The summed E-state index contributed by atoms with van der Waals surface area (Å²) in [7, 11) is 0.00187. The standard InChI is InChI=1S/C25H27ClN2O6S/c1-5-17-8-6-7-9-20(17)27-25(29)16-28(21-14-18(26)10-12-22(21)32-2)35(30,31)19-11-13-23(33-3)24(15-19)34-4/h6-15H,5,16H2,1-4H3,(H,27,29). The van der Waals surface area contributed by atoms with Gasteiger partial charge in [0.05, 0.1) is 31.9 Å². The first-order valence-corrected chi connectivity index (χ1v) is 12.5. The quantitative estimate of drug-likeness (QED) is 0.416. The highest BCUT2D eigenvalue weighted by Crippen LogP contribution is 2.37. The molecule has 0 aromatic heterocycles. The van der Waals surface area contributed by atoms with E-state index < -0.39 is 22.5 Å². The molecular formula is C25H27ClN2O6S. The Balaban J connectivity index is 2.08. The van der Waals surface area contributed by atoms with Crippen LogP contribution in [0.5, 0.6) is 17.2 Å². The number of nitrogens with one attached hydrogen (secondary N) is 1. The van der Waals surface area contributed by atoms with Gasteiger partial charge in [-0.15, -0.1) is 0 Å². The smallest absolute Gasteiger partial charge is 0.265 e.